The molecular weight excluding hydrogens is 156 g/mol. The molecule has 0 radical (unpaired) electrons. The topological polar surface area (TPSA) is 64.4 Å². The molecule has 0 unspecified atom stereocenters. The number of hydrogen-bond donors (Lipinski definition) is 2. The molecule has 12 heavy (non-hydrogen) atoms. The minimum Gasteiger partial charge on any atom is -0.377 e. The van der Waals surface area contributed by atoms with Gasteiger partial charge < -0.3 is 15.8 Å². The molecule has 4 nitrogen and oxygen atoms in total. The SMILES string of the molecule is NC1(CC(=O)NC2CC2)COC1. The zero-order chi connectivity index (χ0) is 8.60. The quantitative estimate of drug-likeness (QED) is 0.593. The Morgan fingerprint density at radius 1 is 1.58 bits per heavy atom. The van der Waals surface area contributed by atoms with Crippen molar-refractivity contribution in [3.8, 4) is 0 Å². The van der Waals surface area contributed by atoms with Crippen LogP contribution in [-0.2, 0) is 9.53 Å². The molecule has 0 atom stereocenters. The van der Waals surface area contributed by atoms with E-state index in [0.717, 1.165) is 12.8 Å². The van der Waals surface area contributed by atoms with Crippen molar-refractivity contribution in [2.45, 2.75) is 30.8 Å². The highest BCUT2D eigenvalue weighted by molar-refractivity contribution is 5.78. The Bertz CT molecular complexity index is 197. The van der Waals surface area contributed by atoms with Gasteiger partial charge in [0.05, 0.1) is 18.8 Å². The molecule has 1 aliphatic heterocycles. The smallest absolute Gasteiger partial charge is 0.222 e. The van der Waals surface area contributed by atoms with Crippen molar-refractivity contribution in [1.29, 1.82) is 0 Å². The molecular formula is C8H14N2O2. The third-order valence-corrected chi connectivity index (χ3v) is 2.23. The van der Waals surface area contributed by atoms with Crippen LogP contribution in [0.5, 0.6) is 0 Å². The van der Waals surface area contributed by atoms with E-state index in [0.29, 0.717) is 25.7 Å². The van der Waals surface area contributed by atoms with Crippen LogP contribution in [0.3, 0.4) is 0 Å². The van der Waals surface area contributed by atoms with Crippen molar-refractivity contribution in [3.63, 3.8) is 0 Å². The molecule has 2 rings (SSSR count). The Morgan fingerprint density at radius 2 is 2.25 bits per heavy atom. The molecule has 4 heteroatoms. The number of nitrogens with one attached hydrogen (secondary N) is 1. The van der Waals surface area contributed by atoms with Gasteiger partial charge in [-0.2, -0.15) is 0 Å². The van der Waals surface area contributed by atoms with Gasteiger partial charge in [-0.05, 0) is 12.8 Å². The van der Waals surface area contributed by atoms with E-state index in [-0.39, 0.29) is 11.4 Å². The molecule has 0 bridgehead atoms. The van der Waals surface area contributed by atoms with E-state index in [2.05, 4.69) is 5.32 Å². The van der Waals surface area contributed by atoms with E-state index in [9.17, 15) is 4.79 Å². The molecule has 0 aromatic carbocycles. The summed E-state index contributed by atoms with van der Waals surface area (Å²) in [4.78, 5) is 11.3. The molecule has 1 heterocycles. The van der Waals surface area contributed by atoms with Crippen LogP contribution in [-0.4, -0.2) is 30.7 Å². The first kappa shape index (κ1) is 8.01. The van der Waals surface area contributed by atoms with Crippen LogP contribution < -0.4 is 11.1 Å². The number of carbonyl (C=O) groups is 1. The molecule has 0 aromatic heterocycles. The number of amides is 1. The van der Waals surface area contributed by atoms with E-state index in [1.165, 1.54) is 0 Å². The van der Waals surface area contributed by atoms with Crippen LogP contribution in [0.2, 0.25) is 0 Å². The average Bonchev–Trinajstić information content (AvgIpc) is 2.68. The van der Waals surface area contributed by atoms with Crippen molar-refractivity contribution >= 4 is 5.91 Å². The fourth-order valence-electron chi connectivity index (χ4n) is 1.29. The Labute approximate surface area is 71.4 Å². The minimum absolute atomic E-state index is 0.0725. The first-order valence-corrected chi connectivity index (χ1v) is 4.34. The molecule has 2 fully saturated rings. The van der Waals surface area contributed by atoms with Gasteiger partial charge in [0, 0.05) is 12.5 Å². The second-order valence-corrected chi connectivity index (χ2v) is 3.87. The van der Waals surface area contributed by atoms with Crippen LogP contribution in [0.1, 0.15) is 19.3 Å². The highest BCUT2D eigenvalue weighted by atomic mass is 16.5. The number of rotatable bonds is 3. The standard InChI is InChI=1S/C8H14N2O2/c9-8(4-12-5-8)3-7(11)10-6-1-2-6/h6H,1-5,9H2,(H,10,11). The van der Waals surface area contributed by atoms with Crippen LogP contribution in [0.4, 0.5) is 0 Å². The largest absolute Gasteiger partial charge is 0.377 e. The number of hydrogen-bond acceptors (Lipinski definition) is 3. The maximum absolute atomic E-state index is 11.3. The lowest BCUT2D eigenvalue weighted by atomic mass is 9.94. The summed E-state index contributed by atoms with van der Waals surface area (Å²) in [6.45, 7) is 1.04. The van der Waals surface area contributed by atoms with E-state index >= 15 is 0 Å². The summed E-state index contributed by atoms with van der Waals surface area (Å²) in [6, 6.07) is 0.432. The summed E-state index contributed by atoms with van der Waals surface area (Å²) in [6.07, 6.45) is 2.66. The third kappa shape index (κ3) is 1.76. The molecule has 2 aliphatic rings. The van der Waals surface area contributed by atoms with Gasteiger partial charge in [0.25, 0.3) is 0 Å². The van der Waals surface area contributed by atoms with Crippen LogP contribution >= 0.6 is 0 Å². The van der Waals surface area contributed by atoms with Crippen molar-refractivity contribution < 1.29 is 9.53 Å². The predicted molar refractivity (Wildman–Crippen MR) is 43.5 cm³/mol. The monoisotopic (exact) mass is 170 g/mol. The Hall–Kier alpha value is -0.610. The summed E-state index contributed by atoms with van der Waals surface area (Å²) < 4.78 is 4.95. The molecule has 1 saturated heterocycles. The predicted octanol–water partition coefficient (Wildman–Crippen LogP) is -0.617. The summed E-state index contributed by atoms with van der Waals surface area (Å²) in [5.74, 6) is 0.0725. The fourth-order valence-corrected chi connectivity index (χ4v) is 1.29. The van der Waals surface area contributed by atoms with Crippen LogP contribution in [0.15, 0.2) is 0 Å². The van der Waals surface area contributed by atoms with Gasteiger partial charge in [0.15, 0.2) is 0 Å². The number of nitrogens with two attached hydrogens (primary N) is 1. The third-order valence-electron chi connectivity index (χ3n) is 2.23. The molecule has 1 aliphatic carbocycles. The fraction of sp³-hybridized carbons (Fsp3) is 0.875. The number of ether oxygens (including phenoxy) is 1. The van der Waals surface area contributed by atoms with Gasteiger partial charge in [-0.3, -0.25) is 4.79 Å². The summed E-state index contributed by atoms with van der Waals surface area (Å²) in [5, 5.41) is 2.90. The van der Waals surface area contributed by atoms with E-state index < -0.39 is 0 Å². The molecule has 0 spiro atoms. The van der Waals surface area contributed by atoms with Gasteiger partial charge in [0.1, 0.15) is 0 Å². The molecule has 1 amide bonds. The first-order valence-electron chi connectivity index (χ1n) is 4.34. The maximum Gasteiger partial charge on any atom is 0.222 e. The Morgan fingerprint density at radius 3 is 2.67 bits per heavy atom. The zero-order valence-electron chi connectivity index (χ0n) is 7.01. The van der Waals surface area contributed by atoms with Gasteiger partial charge in [-0.25, -0.2) is 0 Å². The van der Waals surface area contributed by atoms with E-state index in [4.69, 9.17) is 10.5 Å². The lowest BCUT2D eigenvalue weighted by molar-refractivity contribution is -0.128. The second-order valence-electron chi connectivity index (χ2n) is 3.87. The molecule has 0 aromatic rings. The van der Waals surface area contributed by atoms with E-state index in [1.54, 1.807) is 0 Å². The average molecular weight is 170 g/mol. The highest BCUT2D eigenvalue weighted by Crippen LogP contribution is 2.21. The zero-order valence-corrected chi connectivity index (χ0v) is 7.01. The van der Waals surface area contributed by atoms with Crippen molar-refractivity contribution in [1.82, 2.24) is 5.32 Å². The summed E-state index contributed by atoms with van der Waals surface area (Å²) in [5.41, 5.74) is 5.44. The van der Waals surface area contributed by atoms with Gasteiger partial charge >= 0.3 is 0 Å². The van der Waals surface area contributed by atoms with Crippen molar-refractivity contribution in [2.24, 2.45) is 5.73 Å². The lowest BCUT2D eigenvalue weighted by Crippen LogP contribution is -2.59. The molecule has 1 saturated carbocycles. The van der Waals surface area contributed by atoms with Crippen molar-refractivity contribution in [3.05, 3.63) is 0 Å². The van der Waals surface area contributed by atoms with Gasteiger partial charge in [-0.15, -0.1) is 0 Å². The van der Waals surface area contributed by atoms with Crippen LogP contribution in [0.25, 0.3) is 0 Å². The summed E-state index contributed by atoms with van der Waals surface area (Å²) in [7, 11) is 0. The van der Waals surface area contributed by atoms with Crippen LogP contribution in [0, 0.1) is 0 Å². The van der Waals surface area contributed by atoms with Gasteiger partial charge in [-0.1, -0.05) is 0 Å². The van der Waals surface area contributed by atoms with E-state index in [1.807, 2.05) is 0 Å². The number of carbonyl (C=O) groups excluding carboxylic acids is 1. The maximum atomic E-state index is 11.3. The normalized spacial score (nSPS) is 26.1. The Kier molecular flexibility index (Phi) is 1.81. The highest BCUT2D eigenvalue weighted by Gasteiger charge is 2.37. The second kappa shape index (κ2) is 2.71. The Balaban J connectivity index is 1.73. The minimum atomic E-state index is -0.376. The lowest BCUT2D eigenvalue weighted by Gasteiger charge is -2.37. The van der Waals surface area contributed by atoms with Gasteiger partial charge in [0.2, 0.25) is 5.91 Å². The first-order chi connectivity index (χ1) is 5.68. The molecule has 68 valence electrons. The van der Waals surface area contributed by atoms with Crippen molar-refractivity contribution in [2.75, 3.05) is 13.2 Å². The summed E-state index contributed by atoms with van der Waals surface area (Å²) >= 11 is 0. The molecule has 3 N–H and O–H groups in total.